The summed E-state index contributed by atoms with van der Waals surface area (Å²) in [5.41, 5.74) is 8.80. The monoisotopic (exact) mass is 440 g/mol. The highest BCUT2D eigenvalue weighted by Gasteiger charge is 2.15. The van der Waals surface area contributed by atoms with Gasteiger partial charge in [0.25, 0.3) is 0 Å². The van der Waals surface area contributed by atoms with E-state index in [1.54, 1.807) is 11.7 Å². The maximum Gasteiger partial charge on any atom is 0.328 e. The minimum Gasteiger partial charge on any atom is -0.461 e. The van der Waals surface area contributed by atoms with Crippen molar-refractivity contribution in [3.8, 4) is 6.01 Å². The summed E-state index contributed by atoms with van der Waals surface area (Å²) in [4.78, 5) is 23.9. The first kappa shape index (κ1) is 22.3. The van der Waals surface area contributed by atoms with Crippen molar-refractivity contribution in [3.63, 3.8) is 0 Å². The molecule has 0 aliphatic heterocycles. The van der Waals surface area contributed by atoms with Crippen molar-refractivity contribution in [1.82, 2.24) is 24.8 Å². The molecule has 4 rings (SSSR count). The Labute approximate surface area is 187 Å². The number of fused-ring (bicyclic) bond motifs is 1. The second kappa shape index (κ2) is 10.6. The van der Waals surface area contributed by atoms with Crippen LogP contribution in [0.3, 0.4) is 0 Å². The number of anilines is 1. The number of hydrogen-bond acceptors (Lipinski definition) is 7. The zero-order chi connectivity index (χ0) is 22.3. The minimum absolute atomic E-state index is 0.125. The maximum absolute atomic E-state index is 12.6. The average Bonchev–Trinajstić information content (AvgIpc) is 3.11. The fourth-order valence-electron chi connectivity index (χ4n) is 4.29. The first-order valence-electron chi connectivity index (χ1n) is 11.3. The number of H-pyrrole nitrogens is 1. The van der Waals surface area contributed by atoms with E-state index < -0.39 is 0 Å². The summed E-state index contributed by atoms with van der Waals surface area (Å²) in [5, 5.41) is 3.60. The Balaban J connectivity index is 1.47. The van der Waals surface area contributed by atoms with E-state index in [9.17, 15) is 4.79 Å². The molecule has 1 saturated carbocycles. The van der Waals surface area contributed by atoms with E-state index in [0.717, 1.165) is 24.6 Å². The Morgan fingerprint density at radius 3 is 2.81 bits per heavy atom. The van der Waals surface area contributed by atoms with Gasteiger partial charge in [-0.1, -0.05) is 43.5 Å². The quantitative estimate of drug-likeness (QED) is 0.414. The molecule has 0 spiro atoms. The molecule has 1 aliphatic rings. The van der Waals surface area contributed by atoms with Gasteiger partial charge in [-0.25, -0.2) is 4.79 Å². The summed E-state index contributed by atoms with van der Waals surface area (Å²) in [6.07, 6.45) is 6.75. The van der Waals surface area contributed by atoms with Gasteiger partial charge in [-0.05, 0) is 36.4 Å². The van der Waals surface area contributed by atoms with Crippen LogP contribution < -0.4 is 21.5 Å². The molecule has 1 fully saturated rings. The zero-order valence-electron chi connectivity index (χ0n) is 18.6. The molecule has 0 atom stereocenters. The van der Waals surface area contributed by atoms with Crippen LogP contribution in [0.15, 0.2) is 29.1 Å². The first-order chi connectivity index (χ1) is 15.6. The van der Waals surface area contributed by atoms with Crippen LogP contribution in [0.2, 0.25) is 0 Å². The Bertz CT molecular complexity index is 1090. The molecular formula is C23H32N6O3. The number of imidazole rings is 1. The normalized spacial score (nSPS) is 14.8. The predicted molar refractivity (Wildman–Crippen MR) is 124 cm³/mol. The molecule has 2 heterocycles. The molecule has 0 amide bonds. The topological polar surface area (TPSA) is 120 Å². The van der Waals surface area contributed by atoms with Gasteiger partial charge in [0.1, 0.15) is 12.1 Å². The van der Waals surface area contributed by atoms with Crippen molar-refractivity contribution in [2.24, 2.45) is 5.92 Å². The van der Waals surface area contributed by atoms with Crippen molar-refractivity contribution in [1.29, 1.82) is 0 Å². The van der Waals surface area contributed by atoms with E-state index in [4.69, 9.17) is 15.2 Å². The van der Waals surface area contributed by atoms with Gasteiger partial charge in [-0.15, -0.1) is 0 Å². The van der Waals surface area contributed by atoms with E-state index in [-0.39, 0.29) is 17.5 Å². The van der Waals surface area contributed by atoms with Gasteiger partial charge in [-0.3, -0.25) is 4.57 Å². The third-order valence-electron chi connectivity index (χ3n) is 5.97. The van der Waals surface area contributed by atoms with Crippen molar-refractivity contribution in [3.05, 3.63) is 45.9 Å². The summed E-state index contributed by atoms with van der Waals surface area (Å²) in [6, 6.07) is 8.39. The highest BCUT2D eigenvalue weighted by atomic mass is 16.5. The van der Waals surface area contributed by atoms with Crippen LogP contribution in [0.25, 0.3) is 11.2 Å². The fraction of sp³-hybridized carbons (Fsp3) is 0.522. The number of nitrogen functional groups attached to an aromatic ring is 1. The first-order valence-corrected chi connectivity index (χ1v) is 11.3. The van der Waals surface area contributed by atoms with Crippen LogP contribution in [0, 0.1) is 5.92 Å². The molecule has 0 unspecified atom stereocenters. The lowest BCUT2D eigenvalue weighted by Gasteiger charge is -2.21. The molecule has 0 bridgehead atoms. The van der Waals surface area contributed by atoms with E-state index in [1.807, 2.05) is 12.1 Å². The molecule has 1 aliphatic carbocycles. The van der Waals surface area contributed by atoms with E-state index in [2.05, 4.69) is 32.4 Å². The van der Waals surface area contributed by atoms with Crippen molar-refractivity contribution >= 4 is 17.0 Å². The number of nitrogens with one attached hydrogen (secondary N) is 2. The van der Waals surface area contributed by atoms with Crippen molar-refractivity contribution in [2.75, 3.05) is 32.6 Å². The molecule has 172 valence electrons. The van der Waals surface area contributed by atoms with Crippen molar-refractivity contribution < 1.29 is 9.47 Å². The molecule has 3 aromatic rings. The molecule has 2 aromatic heterocycles. The van der Waals surface area contributed by atoms with Crippen LogP contribution in [-0.4, -0.2) is 46.4 Å². The summed E-state index contributed by atoms with van der Waals surface area (Å²) < 4.78 is 12.0. The van der Waals surface area contributed by atoms with Crippen LogP contribution in [0.5, 0.6) is 6.01 Å². The number of rotatable bonds is 10. The Hall–Kier alpha value is -2.91. The van der Waals surface area contributed by atoms with Gasteiger partial charge in [0.15, 0.2) is 11.5 Å². The van der Waals surface area contributed by atoms with Crippen LogP contribution >= 0.6 is 0 Å². The highest BCUT2D eigenvalue weighted by molar-refractivity contribution is 5.81. The van der Waals surface area contributed by atoms with Gasteiger partial charge >= 0.3 is 11.7 Å². The lowest BCUT2D eigenvalue weighted by atomic mass is 9.89. The fourth-order valence-corrected chi connectivity index (χ4v) is 4.29. The minimum atomic E-state index is -0.282. The maximum atomic E-state index is 12.6. The smallest absolute Gasteiger partial charge is 0.328 e. The highest BCUT2D eigenvalue weighted by Crippen LogP contribution is 2.23. The number of hydrogen-bond donors (Lipinski definition) is 3. The largest absolute Gasteiger partial charge is 0.461 e. The van der Waals surface area contributed by atoms with E-state index >= 15 is 0 Å². The van der Waals surface area contributed by atoms with Crippen LogP contribution in [-0.2, 0) is 17.8 Å². The van der Waals surface area contributed by atoms with E-state index in [1.165, 1.54) is 37.7 Å². The summed E-state index contributed by atoms with van der Waals surface area (Å²) in [6.45, 7) is 2.96. The summed E-state index contributed by atoms with van der Waals surface area (Å²) in [7, 11) is 1.59. The molecule has 9 nitrogen and oxygen atoms in total. The van der Waals surface area contributed by atoms with Crippen molar-refractivity contribution in [2.45, 2.75) is 45.2 Å². The van der Waals surface area contributed by atoms with Gasteiger partial charge < -0.3 is 25.5 Å². The van der Waals surface area contributed by atoms with Crippen LogP contribution in [0.1, 0.15) is 43.2 Å². The zero-order valence-corrected chi connectivity index (χ0v) is 18.6. The predicted octanol–water partition coefficient (Wildman–Crippen LogP) is 2.45. The number of aromatic amines is 1. The number of ether oxygens (including phenoxy) is 2. The molecule has 0 saturated heterocycles. The number of nitrogens with two attached hydrogens (primary N) is 1. The lowest BCUT2D eigenvalue weighted by molar-refractivity contribution is 0.141. The molecule has 0 radical (unpaired) electrons. The third-order valence-corrected chi connectivity index (χ3v) is 5.97. The SMILES string of the molecule is COCCOc1nc(N)c2[nH]c(=O)n(Cc3cccc(CNCC4CCCCC4)c3)c2n1. The lowest BCUT2D eigenvalue weighted by Crippen LogP contribution is -2.24. The Morgan fingerprint density at radius 2 is 2.00 bits per heavy atom. The summed E-state index contributed by atoms with van der Waals surface area (Å²) in [5.74, 6) is 0.973. The number of nitrogens with zero attached hydrogens (tertiary/aromatic N) is 3. The third kappa shape index (κ3) is 5.46. The molecule has 9 heteroatoms. The van der Waals surface area contributed by atoms with E-state index in [0.29, 0.717) is 30.9 Å². The Kier molecular flexibility index (Phi) is 7.39. The molecule has 32 heavy (non-hydrogen) atoms. The van der Waals surface area contributed by atoms with Gasteiger partial charge in [0.05, 0.1) is 13.2 Å². The average molecular weight is 441 g/mol. The number of benzene rings is 1. The standard InChI is InChI=1S/C23H32N6O3/c1-31-10-11-32-22-27-20(24)19-21(28-22)29(23(30)26-19)15-18-9-5-8-17(12-18)14-25-13-16-6-3-2-4-7-16/h5,8-9,12,16,25H,2-4,6-7,10-11,13-15H2,1H3,(H,26,30)(H2,24,27,28). The number of aromatic nitrogens is 4. The Morgan fingerprint density at radius 1 is 1.19 bits per heavy atom. The molecule has 4 N–H and O–H groups in total. The van der Waals surface area contributed by atoms with Gasteiger partial charge in [-0.2, -0.15) is 9.97 Å². The summed E-state index contributed by atoms with van der Waals surface area (Å²) >= 11 is 0. The van der Waals surface area contributed by atoms with Gasteiger partial charge in [0.2, 0.25) is 0 Å². The molecule has 1 aromatic carbocycles. The second-order valence-corrected chi connectivity index (χ2v) is 8.40. The number of methoxy groups -OCH3 is 1. The van der Waals surface area contributed by atoms with Gasteiger partial charge in [0, 0.05) is 13.7 Å². The van der Waals surface area contributed by atoms with Crippen LogP contribution in [0.4, 0.5) is 5.82 Å². The second-order valence-electron chi connectivity index (χ2n) is 8.40. The molecular weight excluding hydrogens is 408 g/mol.